The molecule has 2 aromatic rings. The van der Waals surface area contributed by atoms with E-state index in [-0.39, 0.29) is 23.2 Å². The van der Waals surface area contributed by atoms with Crippen molar-refractivity contribution < 1.29 is 14.3 Å². The van der Waals surface area contributed by atoms with E-state index in [0.29, 0.717) is 27.0 Å². The highest BCUT2D eigenvalue weighted by Gasteiger charge is 2.12. The molecule has 0 heterocycles. The van der Waals surface area contributed by atoms with E-state index in [9.17, 15) is 9.59 Å². The Labute approximate surface area is 154 Å². The van der Waals surface area contributed by atoms with Crippen LogP contribution in [-0.2, 0) is 4.79 Å². The molecule has 0 bridgehead atoms. The van der Waals surface area contributed by atoms with Crippen molar-refractivity contribution in [3.05, 3.63) is 58.1 Å². The predicted molar refractivity (Wildman–Crippen MR) is 99.7 cm³/mol. The van der Waals surface area contributed by atoms with Gasteiger partial charge in [-0.3, -0.25) is 9.59 Å². The highest BCUT2D eigenvalue weighted by molar-refractivity contribution is 8.00. The SMILES string of the molecule is COc1ccccc1NC(=O)CSCC(=O)c1ccc(Cl)cc1Cl. The van der Waals surface area contributed by atoms with Gasteiger partial charge in [-0.2, -0.15) is 0 Å². The normalized spacial score (nSPS) is 10.3. The van der Waals surface area contributed by atoms with Crippen LogP contribution in [0.5, 0.6) is 5.75 Å². The van der Waals surface area contributed by atoms with E-state index >= 15 is 0 Å². The topological polar surface area (TPSA) is 55.4 Å². The number of hydrogen-bond acceptors (Lipinski definition) is 4. The first-order chi connectivity index (χ1) is 11.5. The van der Waals surface area contributed by atoms with Crippen molar-refractivity contribution in [2.45, 2.75) is 0 Å². The van der Waals surface area contributed by atoms with Gasteiger partial charge in [-0.1, -0.05) is 35.3 Å². The van der Waals surface area contributed by atoms with E-state index in [0.717, 1.165) is 0 Å². The largest absolute Gasteiger partial charge is 0.495 e. The van der Waals surface area contributed by atoms with E-state index in [1.807, 2.05) is 6.07 Å². The minimum atomic E-state index is -0.209. The van der Waals surface area contributed by atoms with Crippen LogP contribution in [0, 0.1) is 0 Å². The molecule has 4 nitrogen and oxygen atoms in total. The van der Waals surface area contributed by atoms with E-state index in [1.165, 1.54) is 24.9 Å². The molecular weight excluding hydrogens is 369 g/mol. The first kappa shape index (κ1) is 18.6. The monoisotopic (exact) mass is 383 g/mol. The summed E-state index contributed by atoms with van der Waals surface area (Å²) in [5.74, 6) is 0.529. The molecular formula is C17H15Cl2NO3S. The highest BCUT2D eigenvalue weighted by Crippen LogP contribution is 2.24. The van der Waals surface area contributed by atoms with Gasteiger partial charge in [0.1, 0.15) is 5.75 Å². The fourth-order valence-corrected chi connectivity index (χ4v) is 3.18. The minimum Gasteiger partial charge on any atom is -0.495 e. The van der Waals surface area contributed by atoms with Gasteiger partial charge in [-0.15, -0.1) is 11.8 Å². The summed E-state index contributed by atoms with van der Waals surface area (Å²) in [5, 5.41) is 3.54. The van der Waals surface area contributed by atoms with Gasteiger partial charge in [0.25, 0.3) is 0 Å². The molecule has 0 aliphatic rings. The summed E-state index contributed by atoms with van der Waals surface area (Å²) in [7, 11) is 1.54. The van der Waals surface area contributed by atoms with Gasteiger partial charge < -0.3 is 10.1 Å². The van der Waals surface area contributed by atoms with E-state index in [1.54, 1.807) is 30.3 Å². The van der Waals surface area contributed by atoms with Crippen LogP contribution in [0.4, 0.5) is 5.69 Å². The molecule has 2 aromatic carbocycles. The van der Waals surface area contributed by atoms with Crippen LogP contribution < -0.4 is 10.1 Å². The molecule has 0 saturated heterocycles. The Balaban J connectivity index is 1.85. The second kappa shape index (κ2) is 8.97. The minimum absolute atomic E-state index is 0.147. The van der Waals surface area contributed by atoms with Crippen molar-refractivity contribution in [3.63, 3.8) is 0 Å². The van der Waals surface area contributed by atoms with Crippen molar-refractivity contribution >= 4 is 52.3 Å². The highest BCUT2D eigenvalue weighted by atomic mass is 35.5. The lowest BCUT2D eigenvalue weighted by Gasteiger charge is -2.09. The number of ether oxygens (including phenoxy) is 1. The van der Waals surface area contributed by atoms with Crippen LogP contribution in [0.25, 0.3) is 0 Å². The van der Waals surface area contributed by atoms with Crippen molar-refractivity contribution in [1.29, 1.82) is 0 Å². The molecule has 0 unspecified atom stereocenters. The molecule has 126 valence electrons. The number of anilines is 1. The number of thioether (sulfide) groups is 1. The maximum atomic E-state index is 12.1. The summed E-state index contributed by atoms with van der Waals surface area (Å²) >= 11 is 13.0. The Kier molecular flexibility index (Phi) is 6.97. The van der Waals surface area contributed by atoms with E-state index in [4.69, 9.17) is 27.9 Å². The van der Waals surface area contributed by atoms with Crippen LogP contribution >= 0.6 is 35.0 Å². The van der Waals surface area contributed by atoms with Gasteiger partial charge in [0.2, 0.25) is 5.91 Å². The quantitative estimate of drug-likeness (QED) is 0.712. The van der Waals surface area contributed by atoms with Crippen LogP contribution in [-0.4, -0.2) is 30.3 Å². The third kappa shape index (κ3) is 5.16. The summed E-state index contributed by atoms with van der Waals surface area (Å²) in [6.07, 6.45) is 0. The number of carbonyl (C=O) groups excluding carboxylic acids is 2. The third-order valence-electron chi connectivity index (χ3n) is 3.08. The molecule has 0 saturated carbocycles. The van der Waals surface area contributed by atoms with E-state index < -0.39 is 0 Å². The Morgan fingerprint density at radius 3 is 2.58 bits per heavy atom. The number of rotatable bonds is 7. The van der Waals surface area contributed by atoms with Crippen molar-refractivity contribution in [2.24, 2.45) is 0 Å². The van der Waals surface area contributed by atoms with Crippen molar-refractivity contribution in [2.75, 3.05) is 23.9 Å². The lowest BCUT2D eigenvalue weighted by atomic mass is 10.1. The number of halogens is 2. The molecule has 1 N–H and O–H groups in total. The molecule has 0 radical (unpaired) electrons. The predicted octanol–water partition coefficient (Wildman–Crippen LogP) is 4.56. The Bertz CT molecular complexity index is 752. The van der Waals surface area contributed by atoms with Gasteiger partial charge >= 0.3 is 0 Å². The fraction of sp³-hybridized carbons (Fsp3) is 0.176. The number of para-hydroxylation sites is 2. The van der Waals surface area contributed by atoms with Crippen molar-refractivity contribution in [3.8, 4) is 5.75 Å². The summed E-state index contributed by atoms with van der Waals surface area (Å²) in [4.78, 5) is 24.1. The van der Waals surface area contributed by atoms with Gasteiger partial charge in [-0.25, -0.2) is 0 Å². The number of hydrogen-bond donors (Lipinski definition) is 1. The fourth-order valence-electron chi connectivity index (χ4n) is 1.96. The van der Waals surface area contributed by atoms with Gasteiger partial charge in [0.15, 0.2) is 5.78 Å². The first-order valence-corrected chi connectivity index (χ1v) is 8.91. The zero-order valence-corrected chi connectivity index (χ0v) is 15.2. The number of nitrogens with one attached hydrogen (secondary N) is 1. The second-order valence-electron chi connectivity index (χ2n) is 4.79. The summed E-state index contributed by atoms with van der Waals surface area (Å²) in [6.45, 7) is 0. The lowest BCUT2D eigenvalue weighted by Crippen LogP contribution is -2.16. The Morgan fingerprint density at radius 1 is 1.12 bits per heavy atom. The van der Waals surface area contributed by atoms with Crippen LogP contribution in [0.1, 0.15) is 10.4 Å². The smallest absolute Gasteiger partial charge is 0.234 e. The molecule has 24 heavy (non-hydrogen) atoms. The average Bonchev–Trinajstić information content (AvgIpc) is 2.55. The van der Waals surface area contributed by atoms with Crippen LogP contribution in [0.3, 0.4) is 0 Å². The summed E-state index contributed by atoms with van der Waals surface area (Å²) in [6, 6.07) is 11.8. The Hall–Kier alpha value is -1.69. The molecule has 0 fully saturated rings. The second-order valence-corrected chi connectivity index (χ2v) is 6.62. The molecule has 7 heteroatoms. The average molecular weight is 384 g/mol. The third-order valence-corrected chi connectivity index (χ3v) is 4.56. The number of ketones is 1. The Morgan fingerprint density at radius 2 is 1.88 bits per heavy atom. The number of methoxy groups -OCH3 is 1. The molecule has 2 rings (SSSR count). The van der Waals surface area contributed by atoms with E-state index in [2.05, 4.69) is 5.32 Å². The molecule has 0 atom stereocenters. The molecule has 0 aromatic heterocycles. The van der Waals surface area contributed by atoms with Gasteiger partial charge in [0, 0.05) is 10.6 Å². The number of amides is 1. The van der Waals surface area contributed by atoms with Crippen LogP contribution in [0.2, 0.25) is 10.0 Å². The molecule has 0 spiro atoms. The number of Topliss-reactive ketones (excluding diaryl/α,β-unsaturated/α-hetero) is 1. The lowest BCUT2D eigenvalue weighted by molar-refractivity contribution is -0.113. The number of benzene rings is 2. The zero-order valence-electron chi connectivity index (χ0n) is 12.8. The maximum absolute atomic E-state index is 12.1. The molecule has 0 aliphatic carbocycles. The van der Waals surface area contributed by atoms with Crippen LogP contribution in [0.15, 0.2) is 42.5 Å². The summed E-state index contributed by atoms with van der Waals surface area (Å²) < 4.78 is 5.17. The molecule has 1 amide bonds. The maximum Gasteiger partial charge on any atom is 0.234 e. The summed E-state index contributed by atoms with van der Waals surface area (Å²) in [5.41, 5.74) is 0.997. The zero-order chi connectivity index (χ0) is 17.5. The van der Waals surface area contributed by atoms with Gasteiger partial charge in [-0.05, 0) is 30.3 Å². The first-order valence-electron chi connectivity index (χ1n) is 7.00. The van der Waals surface area contributed by atoms with Crippen molar-refractivity contribution in [1.82, 2.24) is 0 Å². The van der Waals surface area contributed by atoms with Gasteiger partial charge in [0.05, 0.1) is 29.3 Å². The molecule has 0 aliphatic heterocycles. The standard InChI is InChI=1S/C17H15Cl2NO3S/c1-23-16-5-3-2-4-14(16)20-17(22)10-24-9-15(21)12-7-6-11(18)8-13(12)19/h2-8H,9-10H2,1H3,(H,20,22). The number of carbonyl (C=O) groups is 2.